The predicted molar refractivity (Wildman–Crippen MR) is 78.0 cm³/mol. The first kappa shape index (κ1) is 19.6. The lowest BCUT2D eigenvalue weighted by Crippen LogP contribution is -2.32. The maximum absolute atomic E-state index is 10.9. The van der Waals surface area contributed by atoms with Crippen LogP contribution in [-0.2, 0) is 4.74 Å². The Morgan fingerprint density at radius 2 is 1.50 bits per heavy atom. The van der Waals surface area contributed by atoms with Crippen LogP contribution in [0.2, 0.25) is 0 Å². The Hall–Kier alpha value is -0.770. The number of nitrogens with one attached hydrogen (secondary N) is 1. The van der Waals surface area contributed by atoms with Crippen LogP contribution in [-0.4, -0.2) is 42.8 Å². The number of alkyl carbamates (subject to hydrolysis) is 1. The molecule has 0 aliphatic carbocycles. The number of nitrogens with zero attached hydrogens (tertiary/aromatic N) is 1. The highest BCUT2D eigenvalue weighted by atomic mass is 16.6. The van der Waals surface area contributed by atoms with E-state index >= 15 is 0 Å². The second-order valence-corrected chi connectivity index (χ2v) is 5.05. The fraction of sp³-hybridized carbons (Fsp3) is 0.929. The van der Waals surface area contributed by atoms with Crippen molar-refractivity contribution in [3.05, 3.63) is 0 Å². The van der Waals surface area contributed by atoms with Gasteiger partial charge >= 0.3 is 6.09 Å². The first-order valence-corrected chi connectivity index (χ1v) is 6.99. The smallest absolute Gasteiger partial charge is 0.407 e. The minimum absolute atomic E-state index is 0.334. The Balaban J connectivity index is 0. The van der Waals surface area contributed by atoms with E-state index in [2.05, 4.69) is 31.0 Å². The summed E-state index contributed by atoms with van der Waals surface area (Å²) in [5, 5.41) is 2.63. The van der Waals surface area contributed by atoms with E-state index in [1.807, 2.05) is 27.7 Å². The molecule has 4 heteroatoms. The average molecular weight is 260 g/mol. The van der Waals surface area contributed by atoms with Crippen LogP contribution in [0.25, 0.3) is 0 Å². The zero-order chi connectivity index (χ0) is 14.6. The number of hydrogen-bond acceptors (Lipinski definition) is 3. The van der Waals surface area contributed by atoms with Crippen molar-refractivity contribution in [3.63, 3.8) is 0 Å². The molecule has 0 radical (unpaired) electrons. The minimum atomic E-state index is -0.391. The Kier molecular flexibility index (Phi) is 12.3. The van der Waals surface area contributed by atoms with E-state index in [0.29, 0.717) is 6.54 Å². The molecule has 0 aromatic heterocycles. The van der Waals surface area contributed by atoms with Gasteiger partial charge in [0, 0.05) is 6.54 Å². The fourth-order valence-corrected chi connectivity index (χ4v) is 1.21. The zero-order valence-electron chi connectivity index (χ0n) is 13.3. The second-order valence-electron chi connectivity index (χ2n) is 5.05. The molecule has 0 rings (SSSR count). The summed E-state index contributed by atoms with van der Waals surface area (Å²) in [5.74, 6) is 0. The SMILES string of the molecule is CCCNC(=O)OC(C)(C)C.CCN(CC)CC. The van der Waals surface area contributed by atoms with E-state index in [1.165, 1.54) is 19.6 Å². The molecule has 0 aliphatic heterocycles. The summed E-state index contributed by atoms with van der Waals surface area (Å²) in [4.78, 5) is 13.3. The van der Waals surface area contributed by atoms with Gasteiger partial charge in [0.15, 0.2) is 0 Å². The summed E-state index contributed by atoms with van der Waals surface area (Å²) >= 11 is 0. The van der Waals surface area contributed by atoms with Crippen molar-refractivity contribution < 1.29 is 9.53 Å². The molecule has 0 bridgehead atoms. The molecule has 0 aromatic rings. The topological polar surface area (TPSA) is 41.6 Å². The van der Waals surface area contributed by atoms with E-state index in [1.54, 1.807) is 0 Å². The first-order chi connectivity index (χ1) is 8.30. The van der Waals surface area contributed by atoms with Crippen LogP contribution >= 0.6 is 0 Å². The molecule has 0 spiro atoms. The molecule has 0 aliphatic rings. The summed E-state index contributed by atoms with van der Waals surface area (Å²) in [5.41, 5.74) is -0.391. The van der Waals surface area contributed by atoms with Crippen LogP contribution in [0.4, 0.5) is 4.79 Å². The summed E-state index contributed by atoms with van der Waals surface area (Å²) in [7, 11) is 0. The van der Waals surface area contributed by atoms with Crippen molar-refractivity contribution >= 4 is 6.09 Å². The molecule has 110 valence electrons. The lowest BCUT2D eigenvalue weighted by Gasteiger charge is -2.19. The van der Waals surface area contributed by atoms with Crippen molar-refractivity contribution in [2.45, 2.75) is 60.5 Å². The monoisotopic (exact) mass is 260 g/mol. The van der Waals surface area contributed by atoms with Crippen molar-refractivity contribution in [3.8, 4) is 0 Å². The lowest BCUT2D eigenvalue weighted by molar-refractivity contribution is 0.0528. The molecule has 0 heterocycles. The highest BCUT2D eigenvalue weighted by Crippen LogP contribution is 2.05. The predicted octanol–water partition coefficient (Wildman–Crippen LogP) is 3.27. The van der Waals surface area contributed by atoms with Gasteiger partial charge in [0.25, 0.3) is 0 Å². The first-order valence-electron chi connectivity index (χ1n) is 6.99. The number of rotatable bonds is 5. The fourth-order valence-electron chi connectivity index (χ4n) is 1.21. The van der Waals surface area contributed by atoms with Crippen LogP contribution in [0.1, 0.15) is 54.9 Å². The third-order valence-electron chi connectivity index (χ3n) is 2.26. The normalized spacial score (nSPS) is 10.7. The van der Waals surface area contributed by atoms with Crippen LogP contribution in [0.5, 0.6) is 0 Å². The van der Waals surface area contributed by atoms with E-state index in [-0.39, 0.29) is 6.09 Å². The summed E-state index contributed by atoms with van der Waals surface area (Å²) in [6, 6.07) is 0. The van der Waals surface area contributed by atoms with E-state index in [4.69, 9.17) is 4.74 Å². The van der Waals surface area contributed by atoms with Gasteiger partial charge in [-0.1, -0.05) is 27.7 Å². The van der Waals surface area contributed by atoms with Gasteiger partial charge in [-0.25, -0.2) is 4.79 Å². The second kappa shape index (κ2) is 11.3. The van der Waals surface area contributed by atoms with Gasteiger partial charge in [0.2, 0.25) is 0 Å². The van der Waals surface area contributed by atoms with Gasteiger partial charge in [-0.15, -0.1) is 0 Å². The minimum Gasteiger partial charge on any atom is -0.444 e. The van der Waals surface area contributed by atoms with Gasteiger partial charge in [0.1, 0.15) is 5.60 Å². The van der Waals surface area contributed by atoms with Crippen molar-refractivity contribution in [2.24, 2.45) is 0 Å². The quantitative estimate of drug-likeness (QED) is 0.825. The van der Waals surface area contributed by atoms with Gasteiger partial charge in [-0.05, 0) is 46.8 Å². The molecule has 0 unspecified atom stereocenters. The third-order valence-corrected chi connectivity index (χ3v) is 2.26. The molecule has 18 heavy (non-hydrogen) atoms. The molecular weight excluding hydrogens is 228 g/mol. The van der Waals surface area contributed by atoms with Gasteiger partial charge in [-0.2, -0.15) is 0 Å². The zero-order valence-corrected chi connectivity index (χ0v) is 13.3. The van der Waals surface area contributed by atoms with Crippen molar-refractivity contribution in [2.75, 3.05) is 26.2 Å². The Bertz CT molecular complexity index is 191. The van der Waals surface area contributed by atoms with E-state index in [0.717, 1.165) is 6.42 Å². The lowest BCUT2D eigenvalue weighted by atomic mass is 10.2. The van der Waals surface area contributed by atoms with Crippen LogP contribution in [0, 0.1) is 0 Å². The molecule has 1 N–H and O–H groups in total. The Morgan fingerprint density at radius 1 is 1.06 bits per heavy atom. The Morgan fingerprint density at radius 3 is 1.72 bits per heavy atom. The van der Waals surface area contributed by atoms with E-state index in [9.17, 15) is 4.79 Å². The highest BCUT2D eigenvalue weighted by Gasteiger charge is 2.14. The highest BCUT2D eigenvalue weighted by molar-refractivity contribution is 5.67. The molecule has 0 atom stereocenters. The van der Waals surface area contributed by atoms with Crippen LogP contribution < -0.4 is 5.32 Å². The number of carbonyl (C=O) groups is 1. The third kappa shape index (κ3) is 15.2. The largest absolute Gasteiger partial charge is 0.444 e. The molecule has 0 saturated carbocycles. The van der Waals surface area contributed by atoms with Crippen molar-refractivity contribution in [1.29, 1.82) is 0 Å². The molecular formula is C14H32N2O2. The van der Waals surface area contributed by atoms with Crippen molar-refractivity contribution in [1.82, 2.24) is 10.2 Å². The maximum Gasteiger partial charge on any atom is 0.407 e. The molecule has 1 amide bonds. The number of amides is 1. The summed E-state index contributed by atoms with van der Waals surface area (Å²) in [6.45, 7) is 18.3. The number of ether oxygens (including phenoxy) is 1. The number of carbonyl (C=O) groups excluding carboxylic acids is 1. The van der Waals surface area contributed by atoms with E-state index < -0.39 is 5.60 Å². The van der Waals surface area contributed by atoms with Crippen LogP contribution in [0.3, 0.4) is 0 Å². The molecule has 0 aromatic carbocycles. The van der Waals surface area contributed by atoms with Crippen LogP contribution in [0.15, 0.2) is 0 Å². The summed E-state index contributed by atoms with van der Waals surface area (Å²) < 4.78 is 4.99. The standard InChI is InChI=1S/C8H17NO2.C6H15N/c1-5-6-9-7(10)11-8(2,3)4;1-4-7(5-2)6-3/h5-6H2,1-4H3,(H,9,10);4-6H2,1-3H3. The Labute approximate surface area is 113 Å². The van der Waals surface area contributed by atoms with Gasteiger partial charge in [-0.3, -0.25) is 0 Å². The average Bonchev–Trinajstić information content (AvgIpc) is 2.27. The molecule has 0 saturated heterocycles. The maximum atomic E-state index is 10.9. The summed E-state index contributed by atoms with van der Waals surface area (Å²) in [6.07, 6.45) is 0.596. The van der Waals surface area contributed by atoms with Gasteiger partial charge in [0.05, 0.1) is 0 Å². The molecule has 4 nitrogen and oxygen atoms in total. The van der Waals surface area contributed by atoms with Gasteiger partial charge < -0.3 is 15.0 Å². The number of hydrogen-bond donors (Lipinski definition) is 1. The molecule has 0 fully saturated rings.